The Labute approximate surface area is 113 Å². The summed E-state index contributed by atoms with van der Waals surface area (Å²) in [5.74, 6) is -0.990. The Hall–Kier alpha value is -2.96. The van der Waals surface area contributed by atoms with Gasteiger partial charge in [-0.1, -0.05) is 30.3 Å². The second kappa shape index (κ2) is 5.79. The van der Waals surface area contributed by atoms with Gasteiger partial charge >= 0.3 is 6.09 Å². The molecular weight excluding hydrogens is 266 g/mol. The van der Waals surface area contributed by atoms with Crippen LogP contribution in [0.5, 0.6) is 11.8 Å². The fraction of sp³-hybridized carbons (Fsp3) is 0.0769. The first-order valence-corrected chi connectivity index (χ1v) is 5.58. The summed E-state index contributed by atoms with van der Waals surface area (Å²) in [6.45, 7) is 0.139. The number of aromatic hydroxyl groups is 2. The Morgan fingerprint density at radius 1 is 1.10 bits per heavy atom. The number of aromatic nitrogens is 1. The molecule has 1 unspecified atom stereocenters. The van der Waals surface area contributed by atoms with Gasteiger partial charge in [-0.05, 0) is 0 Å². The molecule has 1 atom stereocenters. The van der Waals surface area contributed by atoms with Gasteiger partial charge in [0.1, 0.15) is 0 Å². The molecule has 0 fully saturated rings. The average Bonchev–Trinajstić information content (AvgIpc) is 2.78. The van der Waals surface area contributed by atoms with Crippen LogP contribution >= 0.6 is 0 Å². The molecule has 2 N–H and O–H groups in total. The van der Waals surface area contributed by atoms with E-state index in [9.17, 15) is 19.8 Å². The van der Waals surface area contributed by atoms with Gasteiger partial charge in [-0.2, -0.15) is 4.57 Å². The largest absolute Gasteiger partial charge is 0.494 e. The van der Waals surface area contributed by atoms with Crippen LogP contribution in [0.4, 0.5) is 4.79 Å². The molecule has 1 heterocycles. The molecule has 0 aliphatic carbocycles. The van der Waals surface area contributed by atoms with Crippen molar-refractivity contribution in [1.82, 2.24) is 4.57 Å². The Balaban J connectivity index is 2.21. The van der Waals surface area contributed by atoms with Crippen LogP contribution in [-0.2, 0) is 14.3 Å². The minimum atomic E-state index is -1.28. The lowest BCUT2D eigenvalue weighted by atomic mass is 10.2. The van der Waals surface area contributed by atoms with E-state index in [1.165, 1.54) is 0 Å². The SMILES string of the molecule is O=COC(OC(=O)n1c(O)ccc1O)c1ccccc1. The zero-order chi connectivity index (χ0) is 14.5. The fourth-order valence-electron chi connectivity index (χ4n) is 1.58. The van der Waals surface area contributed by atoms with Crippen LogP contribution in [-0.4, -0.2) is 27.3 Å². The second-order valence-electron chi connectivity index (χ2n) is 3.74. The highest BCUT2D eigenvalue weighted by molar-refractivity contribution is 5.75. The van der Waals surface area contributed by atoms with Gasteiger partial charge in [0.25, 0.3) is 12.8 Å². The first kappa shape index (κ1) is 13.5. The van der Waals surface area contributed by atoms with Gasteiger partial charge < -0.3 is 19.7 Å². The average molecular weight is 277 g/mol. The number of ether oxygens (including phenoxy) is 2. The normalized spacial score (nSPS) is 11.6. The molecule has 7 heteroatoms. The molecule has 0 saturated carbocycles. The highest BCUT2D eigenvalue weighted by atomic mass is 16.7. The minimum Gasteiger partial charge on any atom is -0.494 e. The van der Waals surface area contributed by atoms with E-state index in [1.54, 1.807) is 30.3 Å². The smallest absolute Gasteiger partial charge is 0.427 e. The molecule has 0 aliphatic rings. The second-order valence-corrected chi connectivity index (χ2v) is 3.74. The monoisotopic (exact) mass is 277 g/mol. The molecule has 1 aromatic carbocycles. The Kier molecular flexibility index (Phi) is 3.90. The van der Waals surface area contributed by atoms with Gasteiger partial charge in [0.2, 0.25) is 11.8 Å². The minimum absolute atomic E-state index is 0.139. The molecule has 0 radical (unpaired) electrons. The van der Waals surface area contributed by atoms with Crippen molar-refractivity contribution in [2.45, 2.75) is 6.29 Å². The lowest BCUT2D eigenvalue weighted by molar-refractivity contribution is -0.153. The first-order valence-electron chi connectivity index (χ1n) is 5.58. The van der Waals surface area contributed by atoms with Crippen molar-refractivity contribution in [3.8, 4) is 11.8 Å². The van der Waals surface area contributed by atoms with E-state index < -0.39 is 24.1 Å². The third kappa shape index (κ3) is 2.72. The summed E-state index contributed by atoms with van der Waals surface area (Å²) < 4.78 is 10.1. The fourth-order valence-corrected chi connectivity index (χ4v) is 1.58. The maximum Gasteiger partial charge on any atom is 0.427 e. The summed E-state index contributed by atoms with van der Waals surface area (Å²) in [5.41, 5.74) is 0.430. The first-order chi connectivity index (χ1) is 9.63. The molecule has 2 rings (SSSR count). The number of benzene rings is 1. The van der Waals surface area contributed by atoms with E-state index in [2.05, 4.69) is 4.74 Å². The lowest BCUT2D eigenvalue weighted by Gasteiger charge is -2.16. The number of rotatable bonds is 4. The number of nitrogens with zero attached hydrogens (tertiary/aromatic N) is 1. The number of hydrogen-bond donors (Lipinski definition) is 2. The molecule has 0 saturated heterocycles. The van der Waals surface area contributed by atoms with Gasteiger partial charge in [0, 0.05) is 17.7 Å². The van der Waals surface area contributed by atoms with E-state index in [0.717, 1.165) is 12.1 Å². The number of carbonyl (C=O) groups excluding carboxylic acids is 2. The van der Waals surface area contributed by atoms with Crippen molar-refractivity contribution in [1.29, 1.82) is 0 Å². The van der Waals surface area contributed by atoms with Crippen LogP contribution in [0.2, 0.25) is 0 Å². The van der Waals surface area contributed by atoms with Crippen LogP contribution in [0.1, 0.15) is 11.9 Å². The van der Waals surface area contributed by atoms with Gasteiger partial charge in [-0.25, -0.2) is 4.79 Å². The van der Waals surface area contributed by atoms with Crippen LogP contribution < -0.4 is 0 Å². The van der Waals surface area contributed by atoms with Crippen LogP contribution in [0.3, 0.4) is 0 Å². The molecule has 2 aromatic rings. The van der Waals surface area contributed by atoms with Crippen molar-refractivity contribution in [3.05, 3.63) is 48.0 Å². The lowest BCUT2D eigenvalue weighted by Crippen LogP contribution is -2.18. The maximum absolute atomic E-state index is 11.8. The van der Waals surface area contributed by atoms with Crippen LogP contribution in [0, 0.1) is 0 Å². The third-order valence-electron chi connectivity index (χ3n) is 2.48. The van der Waals surface area contributed by atoms with Crippen molar-refractivity contribution in [2.75, 3.05) is 0 Å². The van der Waals surface area contributed by atoms with Gasteiger partial charge in [0.15, 0.2) is 0 Å². The standard InChI is InChI=1S/C13H11NO6/c15-8-19-12(9-4-2-1-3-5-9)20-13(18)14-10(16)6-7-11(14)17/h1-8,12,16-17H. The molecule has 104 valence electrons. The van der Waals surface area contributed by atoms with Crippen molar-refractivity contribution >= 4 is 12.6 Å². The van der Waals surface area contributed by atoms with Crippen molar-refractivity contribution in [2.24, 2.45) is 0 Å². The molecule has 0 aliphatic heterocycles. The zero-order valence-corrected chi connectivity index (χ0v) is 10.2. The molecule has 20 heavy (non-hydrogen) atoms. The van der Waals surface area contributed by atoms with Gasteiger partial charge in [-0.3, -0.25) is 4.79 Å². The predicted octanol–water partition coefficient (Wildman–Crippen LogP) is 1.76. The Morgan fingerprint density at radius 2 is 1.70 bits per heavy atom. The summed E-state index contributed by atoms with van der Waals surface area (Å²) in [6, 6.07) is 10.5. The van der Waals surface area contributed by atoms with Crippen LogP contribution in [0.25, 0.3) is 0 Å². The highest BCUT2D eigenvalue weighted by Crippen LogP contribution is 2.24. The number of carbonyl (C=O) groups is 2. The summed E-state index contributed by atoms with van der Waals surface area (Å²) in [5, 5.41) is 18.8. The molecule has 0 amide bonds. The van der Waals surface area contributed by atoms with E-state index in [0.29, 0.717) is 10.1 Å². The van der Waals surface area contributed by atoms with Gasteiger partial charge in [-0.15, -0.1) is 0 Å². The zero-order valence-electron chi connectivity index (χ0n) is 10.2. The van der Waals surface area contributed by atoms with Crippen LogP contribution in [0.15, 0.2) is 42.5 Å². The molecule has 0 spiro atoms. The summed E-state index contributed by atoms with van der Waals surface area (Å²) in [6.07, 6.45) is -2.36. The Morgan fingerprint density at radius 3 is 2.25 bits per heavy atom. The van der Waals surface area contributed by atoms with E-state index in [-0.39, 0.29) is 6.47 Å². The highest BCUT2D eigenvalue weighted by Gasteiger charge is 2.22. The quantitative estimate of drug-likeness (QED) is 0.652. The summed E-state index contributed by atoms with van der Waals surface area (Å²) in [4.78, 5) is 22.3. The van der Waals surface area contributed by atoms with Crippen molar-refractivity contribution in [3.63, 3.8) is 0 Å². The molecular formula is C13H11NO6. The van der Waals surface area contributed by atoms with E-state index in [1.807, 2.05) is 0 Å². The summed E-state index contributed by atoms with van der Waals surface area (Å²) in [7, 11) is 0. The molecule has 0 bridgehead atoms. The molecule has 1 aromatic heterocycles. The van der Waals surface area contributed by atoms with E-state index in [4.69, 9.17) is 4.74 Å². The molecule has 7 nitrogen and oxygen atoms in total. The summed E-state index contributed by atoms with van der Waals surface area (Å²) >= 11 is 0. The maximum atomic E-state index is 11.8. The number of hydrogen-bond acceptors (Lipinski definition) is 6. The predicted molar refractivity (Wildman–Crippen MR) is 66.0 cm³/mol. The Bertz CT molecular complexity index is 587. The van der Waals surface area contributed by atoms with Gasteiger partial charge in [0.05, 0.1) is 0 Å². The topological polar surface area (TPSA) is 98.0 Å². The van der Waals surface area contributed by atoms with E-state index >= 15 is 0 Å². The van der Waals surface area contributed by atoms with Crippen molar-refractivity contribution < 1.29 is 29.3 Å². The third-order valence-corrected chi connectivity index (χ3v) is 2.48.